The van der Waals surface area contributed by atoms with E-state index in [2.05, 4.69) is 10.1 Å². The van der Waals surface area contributed by atoms with Gasteiger partial charge in [-0.15, -0.1) is 0 Å². The highest BCUT2D eigenvalue weighted by atomic mass is 16.5. The van der Waals surface area contributed by atoms with Crippen LogP contribution in [0.15, 0.2) is 11.1 Å². The first kappa shape index (κ1) is 7.28. The molecule has 1 N–H and O–H groups in total. The molecule has 10 heavy (non-hydrogen) atoms. The van der Waals surface area contributed by atoms with Gasteiger partial charge in [-0.3, -0.25) is 0 Å². The highest BCUT2D eigenvalue weighted by Crippen LogP contribution is 2.09. The van der Waals surface area contributed by atoms with E-state index in [9.17, 15) is 4.79 Å². The van der Waals surface area contributed by atoms with Crippen LogP contribution in [-0.4, -0.2) is 26.2 Å². The molecule has 56 valence electrons. The number of carbonyl (C=O) groups is 1. The minimum Gasteiger partial charge on any atom is -0.466 e. The minimum atomic E-state index is -0.206. The Hall–Kier alpha value is -0.830. The lowest BCUT2D eigenvalue weighted by Gasteiger charge is -1.98. The van der Waals surface area contributed by atoms with Gasteiger partial charge in [0, 0.05) is 13.1 Å². The van der Waals surface area contributed by atoms with E-state index in [1.54, 1.807) is 0 Å². The van der Waals surface area contributed by atoms with Crippen LogP contribution < -0.4 is 5.32 Å². The fourth-order valence-corrected chi connectivity index (χ4v) is 1.00. The van der Waals surface area contributed by atoms with Crippen molar-refractivity contribution in [2.45, 2.75) is 6.92 Å². The molecule has 0 atom stereocenters. The van der Waals surface area contributed by atoms with Crippen LogP contribution in [0.5, 0.6) is 0 Å². The summed E-state index contributed by atoms with van der Waals surface area (Å²) in [5, 5.41) is 3.06. The second-order valence-electron chi connectivity index (χ2n) is 2.35. The summed E-state index contributed by atoms with van der Waals surface area (Å²) in [6.45, 7) is 3.40. The molecule has 0 aromatic carbocycles. The van der Waals surface area contributed by atoms with Crippen molar-refractivity contribution in [3.8, 4) is 0 Å². The standard InChI is InChI=1S/C7H11NO2/c1-5-3-8-4-6(5)7(9)10-2/h8H,3-4H2,1-2H3. The third-order valence-corrected chi connectivity index (χ3v) is 1.64. The van der Waals surface area contributed by atoms with E-state index in [4.69, 9.17) is 0 Å². The summed E-state index contributed by atoms with van der Waals surface area (Å²) in [6, 6.07) is 0. The maximum absolute atomic E-state index is 10.9. The first-order valence-electron chi connectivity index (χ1n) is 3.23. The molecule has 1 heterocycles. The van der Waals surface area contributed by atoms with Gasteiger partial charge >= 0.3 is 5.97 Å². The monoisotopic (exact) mass is 141 g/mol. The van der Waals surface area contributed by atoms with Crippen molar-refractivity contribution in [3.63, 3.8) is 0 Å². The number of rotatable bonds is 1. The summed E-state index contributed by atoms with van der Waals surface area (Å²) in [7, 11) is 1.40. The lowest BCUT2D eigenvalue weighted by atomic mass is 10.2. The van der Waals surface area contributed by atoms with Crippen molar-refractivity contribution >= 4 is 5.97 Å². The average molecular weight is 141 g/mol. The van der Waals surface area contributed by atoms with Gasteiger partial charge in [-0.1, -0.05) is 0 Å². The molecule has 3 nitrogen and oxygen atoms in total. The molecule has 0 aromatic heterocycles. The zero-order chi connectivity index (χ0) is 7.56. The first-order valence-corrected chi connectivity index (χ1v) is 3.23. The number of nitrogens with one attached hydrogen (secondary N) is 1. The van der Waals surface area contributed by atoms with Gasteiger partial charge in [-0.25, -0.2) is 4.79 Å². The molecule has 0 aliphatic carbocycles. The number of esters is 1. The second kappa shape index (κ2) is 2.84. The summed E-state index contributed by atoms with van der Waals surface area (Å²) in [5.41, 5.74) is 1.87. The summed E-state index contributed by atoms with van der Waals surface area (Å²) in [4.78, 5) is 10.9. The van der Waals surface area contributed by atoms with Gasteiger partial charge in [0.2, 0.25) is 0 Å². The Morgan fingerprint density at radius 1 is 1.60 bits per heavy atom. The van der Waals surface area contributed by atoms with Gasteiger partial charge in [-0.05, 0) is 12.5 Å². The Bertz CT molecular complexity index is 184. The molecule has 0 aromatic rings. The highest BCUT2D eigenvalue weighted by Gasteiger charge is 2.17. The fraction of sp³-hybridized carbons (Fsp3) is 0.571. The van der Waals surface area contributed by atoms with E-state index >= 15 is 0 Å². The van der Waals surface area contributed by atoms with Crippen molar-refractivity contribution in [3.05, 3.63) is 11.1 Å². The number of ether oxygens (including phenoxy) is 1. The third kappa shape index (κ3) is 1.19. The largest absolute Gasteiger partial charge is 0.466 e. The predicted molar refractivity (Wildman–Crippen MR) is 37.6 cm³/mol. The van der Waals surface area contributed by atoms with Crippen molar-refractivity contribution in [2.24, 2.45) is 0 Å². The zero-order valence-corrected chi connectivity index (χ0v) is 6.23. The minimum absolute atomic E-state index is 0.206. The van der Waals surface area contributed by atoms with E-state index in [1.807, 2.05) is 6.92 Å². The maximum Gasteiger partial charge on any atom is 0.335 e. The topological polar surface area (TPSA) is 38.3 Å². The Morgan fingerprint density at radius 2 is 2.30 bits per heavy atom. The first-order chi connectivity index (χ1) is 4.75. The third-order valence-electron chi connectivity index (χ3n) is 1.64. The molecular formula is C7H11NO2. The van der Waals surface area contributed by atoms with E-state index in [1.165, 1.54) is 7.11 Å². The quantitative estimate of drug-likeness (QED) is 0.525. The van der Waals surface area contributed by atoms with Gasteiger partial charge < -0.3 is 10.1 Å². The average Bonchev–Trinajstić information content (AvgIpc) is 2.34. The molecule has 1 rings (SSSR count). The maximum atomic E-state index is 10.9. The predicted octanol–water partition coefficient (Wildman–Crippen LogP) is 0.0791. The summed E-state index contributed by atoms with van der Waals surface area (Å²) in [5.74, 6) is -0.206. The molecule has 0 radical (unpaired) electrons. The molecule has 0 spiro atoms. The number of hydrogen-bond acceptors (Lipinski definition) is 3. The number of hydrogen-bond donors (Lipinski definition) is 1. The summed E-state index contributed by atoms with van der Waals surface area (Å²) in [6.07, 6.45) is 0. The molecular weight excluding hydrogens is 130 g/mol. The summed E-state index contributed by atoms with van der Waals surface area (Å²) < 4.78 is 4.57. The van der Waals surface area contributed by atoms with Crippen molar-refractivity contribution in [1.29, 1.82) is 0 Å². The van der Waals surface area contributed by atoms with E-state index < -0.39 is 0 Å². The molecule has 3 heteroatoms. The van der Waals surface area contributed by atoms with Gasteiger partial charge in [0.25, 0.3) is 0 Å². The van der Waals surface area contributed by atoms with Crippen molar-refractivity contribution < 1.29 is 9.53 Å². The number of methoxy groups -OCH3 is 1. The molecule has 0 bridgehead atoms. The van der Waals surface area contributed by atoms with E-state index in [-0.39, 0.29) is 5.97 Å². The van der Waals surface area contributed by atoms with Crippen molar-refractivity contribution in [2.75, 3.05) is 20.2 Å². The molecule has 0 saturated heterocycles. The van der Waals surface area contributed by atoms with Gasteiger partial charge in [0.15, 0.2) is 0 Å². The Kier molecular flexibility index (Phi) is 2.06. The second-order valence-corrected chi connectivity index (χ2v) is 2.35. The molecule has 1 aliphatic rings. The van der Waals surface area contributed by atoms with Crippen LogP contribution in [0, 0.1) is 0 Å². The van der Waals surface area contributed by atoms with Gasteiger partial charge in [0.1, 0.15) is 0 Å². The van der Waals surface area contributed by atoms with Crippen molar-refractivity contribution in [1.82, 2.24) is 5.32 Å². The van der Waals surface area contributed by atoms with Crippen LogP contribution >= 0.6 is 0 Å². The van der Waals surface area contributed by atoms with Crippen LogP contribution in [0.1, 0.15) is 6.92 Å². The molecule has 0 saturated carbocycles. The normalized spacial score (nSPS) is 17.8. The van der Waals surface area contributed by atoms with Crippen LogP contribution in [0.2, 0.25) is 0 Å². The SMILES string of the molecule is COC(=O)C1=C(C)CNC1. The lowest BCUT2D eigenvalue weighted by molar-refractivity contribution is -0.136. The van der Waals surface area contributed by atoms with Crippen LogP contribution in [0.25, 0.3) is 0 Å². The van der Waals surface area contributed by atoms with E-state index in [0.29, 0.717) is 6.54 Å². The van der Waals surface area contributed by atoms with Crippen LogP contribution in [0.4, 0.5) is 0 Å². The molecule has 1 aliphatic heterocycles. The summed E-state index contributed by atoms with van der Waals surface area (Å²) >= 11 is 0. The van der Waals surface area contributed by atoms with Gasteiger partial charge in [0.05, 0.1) is 12.7 Å². The molecule has 0 amide bonds. The van der Waals surface area contributed by atoms with Crippen LogP contribution in [0.3, 0.4) is 0 Å². The van der Waals surface area contributed by atoms with Gasteiger partial charge in [-0.2, -0.15) is 0 Å². The fourth-order valence-electron chi connectivity index (χ4n) is 1.00. The Balaban J connectivity index is 2.71. The number of carbonyl (C=O) groups excluding carboxylic acids is 1. The zero-order valence-electron chi connectivity index (χ0n) is 6.23. The molecule has 0 fully saturated rings. The Morgan fingerprint density at radius 3 is 2.70 bits per heavy atom. The van der Waals surface area contributed by atoms with E-state index in [0.717, 1.165) is 17.7 Å². The molecule has 0 unspecified atom stereocenters. The highest BCUT2D eigenvalue weighted by molar-refractivity contribution is 5.90. The lowest BCUT2D eigenvalue weighted by Crippen LogP contribution is -2.13. The Labute approximate surface area is 60.1 Å². The van der Waals surface area contributed by atoms with Crippen LogP contribution in [-0.2, 0) is 9.53 Å². The smallest absolute Gasteiger partial charge is 0.335 e.